The highest BCUT2D eigenvalue weighted by Crippen LogP contribution is 2.01. The number of rotatable bonds is 3. The fourth-order valence-corrected chi connectivity index (χ4v) is 0.743. The fourth-order valence-electron chi connectivity index (χ4n) is 0.743. The summed E-state index contributed by atoms with van der Waals surface area (Å²) >= 11 is 0. The summed E-state index contributed by atoms with van der Waals surface area (Å²) < 4.78 is 0. The number of amides is 1. The lowest BCUT2D eigenvalue weighted by Crippen LogP contribution is -2.20. The topological polar surface area (TPSA) is 73.9 Å². The number of benzene rings is 1. The summed E-state index contributed by atoms with van der Waals surface area (Å²) in [5, 5.41) is 6.04. The molecule has 1 aromatic carbocycles. The SMILES string of the molecule is CNC(=O)OOOC(=O)c1ccccc1. The fraction of sp³-hybridized carbons (Fsp3) is 0.111. The maximum atomic E-state index is 11.2. The van der Waals surface area contributed by atoms with E-state index in [-0.39, 0.29) is 5.56 Å². The van der Waals surface area contributed by atoms with Crippen LogP contribution in [0.15, 0.2) is 30.3 Å². The Kier molecular flexibility index (Phi) is 4.11. The van der Waals surface area contributed by atoms with Crippen LogP contribution in [0.3, 0.4) is 0 Å². The van der Waals surface area contributed by atoms with Gasteiger partial charge in [-0.2, -0.15) is 0 Å². The van der Waals surface area contributed by atoms with Crippen LogP contribution >= 0.6 is 0 Å². The molecule has 0 aliphatic carbocycles. The summed E-state index contributed by atoms with van der Waals surface area (Å²) in [6.07, 6.45) is -0.865. The minimum absolute atomic E-state index is 0.290. The van der Waals surface area contributed by atoms with Gasteiger partial charge >= 0.3 is 12.1 Å². The summed E-state index contributed by atoms with van der Waals surface area (Å²) in [6.45, 7) is 0. The third-order valence-electron chi connectivity index (χ3n) is 1.43. The Bertz CT molecular complexity index is 338. The first kappa shape index (κ1) is 11.0. The Morgan fingerprint density at radius 2 is 1.80 bits per heavy atom. The van der Waals surface area contributed by atoms with Crippen LogP contribution in [-0.4, -0.2) is 19.1 Å². The van der Waals surface area contributed by atoms with E-state index in [1.54, 1.807) is 18.2 Å². The molecule has 1 rings (SSSR count). The van der Waals surface area contributed by atoms with E-state index >= 15 is 0 Å². The highest BCUT2D eigenvalue weighted by molar-refractivity contribution is 5.88. The molecule has 0 bridgehead atoms. The molecule has 0 aromatic heterocycles. The molecule has 0 radical (unpaired) electrons. The van der Waals surface area contributed by atoms with Gasteiger partial charge < -0.3 is 5.32 Å². The zero-order chi connectivity index (χ0) is 11.1. The predicted octanol–water partition coefficient (Wildman–Crippen LogP) is 1.05. The lowest BCUT2D eigenvalue weighted by atomic mass is 10.2. The Morgan fingerprint density at radius 3 is 2.40 bits per heavy atom. The Morgan fingerprint density at radius 1 is 1.13 bits per heavy atom. The molecule has 6 heteroatoms. The second-order valence-electron chi connectivity index (χ2n) is 2.43. The maximum Gasteiger partial charge on any atom is 0.442 e. The van der Waals surface area contributed by atoms with Crippen molar-refractivity contribution in [3.05, 3.63) is 35.9 Å². The summed E-state index contributed by atoms with van der Waals surface area (Å²) in [4.78, 5) is 29.8. The molecule has 0 saturated heterocycles. The molecular formula is C9H9NO5. The number of nitrogens with one attached hydrogen (secondary N) is 1. The number of hydrogen-bond acceptors (Lipinski definition) is 5. The van der Waals surface area contributed by atoms with Crippen LogP contribution in [0.4, 0.5) is 4.79 Å². The van der Waals surface area contributed by atoms with Gasteiger partial charge in [-0.15, -0.1) is 0 Å². The molecule has 1 amide bonds. The van der Waals surface area contributed by atoms with E-state index in [9.17, 15) is 9.59 Å². The molecule has 0 atom stereocenters. The first-order chi connectivity index (χ1) is 7.24. The number of carbonyl (C=O) groups excluding carboxylic acids is 2. The molecule has 0 aliphatic rings. The summed E-state index contributed by atoms with van der Waals surface area (Å²) in [6, 6.07) is 8.14. The molecule has 15 heavy (non-hydrogen) atoms. The molecule has 6 nitrogen and oxygen atoms in total. The van der Waals surface area contributed by atoms with Crippen LogP contribution in [0.1, 0.15) is 10.4 Å². The largest absolute Gasteiger partial charge is 0.442 e. The minimum Gasteiger partial charge on any atom is -0.322 e. The van der Waals surface area contributed by atoms with Gasteiger partial charge in [0.05, 0.1) is 5.56 Å². The average molecular weight is 211 g/mol. The molecule has 0 fully saturated rings. The normalized spacial score (nSPS) is 9.13. The van der Waals surface area contributed by atoms with E-state index in [1.807, 2.05) is 0 Å². The Hall–Kier alpha value is -2.08. The van der Waals surface area contributed by atoms with E-state index in [2.05, 4.69) is 20.1 Å². The second kappa shape index (κ2) is 5.61. The number of carbonyl (C=O) groups is 2. The molecular weight excluding hydrogens is 202 g/mol. The molecule has 0 saturated carbocycles. The van der Waals surface area contributed by atoms with Crippen molar-refractivity contribution in [3.63, 3.8) is 0 Å². The summed E-state index contributed by atoms with van der Waals surface area (Å²) in [5.74, 6) is -0.750. The van der Waals surface area contributed by atoms with E-state index in [1.165, 1.54) is 19.2 Å². The first-order valence-electron chi connectivity index (χ1n) is 4.06. The standard InChI is InChI=1S/C9H9NO5/c1-10-9(12)14-15-13-8(11)7-5-3-2-4-6-7/h2-6H,1H3,(H,10,12). The zero-order valence-electron chi connectivity index (χ0n) is 7.93. The Labute approximate surface area is 85.6 Å². The van der Waals surface area contributed by atoms with Gasteiger partial charge in [0.15, 0.2) is 0 Å². The monoisotopic (exact) mass is 211 g/mol. The van der Waals surface area contributed by atoms with Gasteiger partial charge in [0, 0.05) is 12.1 Å². The van der Waals surface area contributed by atoms with Crippen LogP contribution in [-0.2, 0) is 14.8 Å². The van der Waals surface area contributed by atoms with Crippen molar-refractivity contribution in [1.82, 2.24) is 5.32 Å². The second-order valence-corrected chi connectivity index (χ2v) is 2.43. The molecule has 1 aromatic rings. The van der Waals surface area contributed by atoms with Gasteiger partial charge in [-0.3, -0.25) is 4.89 Å². The van der Waals surface area contributed by atoms with Gasteiger partial charge in [-0.25, -0.2) is 14.5 Å². The average Bonchev–Trinajstić information content (AvgIpc) is 2.29. The number of hydrogen-bond donors (Lipinski definition) is 1. The first-order valence-corrected chi connectivity index (χ1v) is 4.06. The van der Waals surface area contributed by atoms with Crippen molar-refractivity contribution in [3.8, 4) is 0 Å². The third-order valence-corrected chi connectivity index (χ3v) is 1.43. The maximum absolute atomic E-state index is 11.2. The van der Waals surface area contributed by atoms with Gasteiger partial charge in [-0.05, 0) is 12.1 Å². The van der Waals surface area contributed by atoms with E-state index in [0.29, 0.717) is 0 Å². The van der Waals surface area contributed by atoms with E-state index < -0.39 is 12.1 Å². The molecule has 1 N–H and O–H groups in total. The van der Waals surface area contributed by atoms with Crippen LogP contribution < -0.4 is 5.32 Å². The summed E-state index contributed by atoms with van der Waals surface area (Å²) in [7, 11) is 1.34. The van der Waals surface area contributed by atoms with Gasteiger partial charge in [0.2, 0.25) is 0 Å². The van der Waals surface area contributed by atoms with Gasteiger partial charge in [-0.1, -0.05) is 18.2 Å². The highest BCUT2D eigenvalue weighted by Gasteiger charge is 2.09. The highest BCUT2D eigenvalue weighted by atomic mass is 17.5. The van der Waals surface area contributed by atoms with Gasteiger partial charge in [0.1, 0.15) is 0 Å². The summed E-state index contributed by atoms with van der Waals surface area (Å²) in [5.41, 5.74) is 0.290. The van der Waals surface area contributed by atoms with Crippen molar-refractivity contribution in [1.29, 1.82) is 0 Å². The zero-order valence-corrected chi connectivity index (χ0v) is 7.93. The lowest BCUT2D eigenvalue weighted by Gasteiger charge is -2.01. The molecule has 0 unspecified atom stereocenters. The van der Waals surface area contributed by atoms with E-state index in [0.717, 1.165) is 0 Å². The van der Waals surface area contributed by atoms with Crippen molar-refractivity contribution in [2.24, 2.45) is 0 Å². The molecule has 0 aliphatic heterocycles. The van der Waals surface area contributed by atoms with Crippen LogP contribution in [0.25, 0.3) is 0 Å². The Balaban J connectivity index is 2.34. The van der Waals surface area contributed by atoms with Crippen molar-refractivity contribution in [2.75, 3.05) is 7.05 Å². The third kappa shape index (κ3) is 3.65. The molecule has 80 valence electrons. The molecule has 0 spiro atoms. The van der Waals surface area contributed by atoms with Crippen LogP contribution in [0.2, 0.25) is 0 Å². The molecule has 0 heterocycles. The minimum atomic E-state index is -0.865. The van der Waals surface area contributed by atoms with Crippen LogP contribution in [0.5, 0.6) is 0 Å². The van der Waals surface area contributed by atoms with Crippen molar-refractivity contribution < 1.29 is 24.4 Å². The smallest absolute Gasteiger partial charge is 0.322 e. The van der Waals surface area contributed by atoms with Gasteiger partial charge in [0.25, 0.3) is 0 Å². The predicted molar refractivity (Wildman–Crippen MR) is 48.5 cm³/mol. The van der Waals surface area contributed by atoms with Crippen molar-refractivity contribution in [2.45, 2.75) is 0 Å². The van der Waals surface area contributed by atoms with E-state index in [4.69, 9.17) is 0 Å². The van der Waals surface area contributed by atoms with Crippen molar-refractivity contribution >= 4 is 12.1 Å². The lowest BCUT2D eigenvalue weighted by molar-refractivity contribution is -0.446. The van der Waals surface area contributed by atoms with Crippen LogP contribution in [0, 0.1) is 0 Å². The quantitative estimate of drug-likeness (QED) is 0.597.